The monoisotopic (exact) mass is 421 g/mol. The molecular formula is C25H23N7. The molecule has 1 unspecified atom stereocenters. The van der Waals surface area contributed by atoms with E-state index < -0.39 is 0 Å². The molecule has 0 saturated carbocycles. The van der Waals surface area contributed by atoms with Gasteiger partial charge in [-0.2, -0.15) is 0 Å². The molecule has 3 aliphatic heterocycles. The Hall–Kier alpha value is -3.84. The number of anilines is 3. The number of allylic oxidation sites excluding steroid dienone is 1. The average Bonchev–Trinajstić information content (AvgIpc) is 3.24. The Labute approximate surface area is 186 Å². The molecule has 0 bridgehead atoms. The molecule has 1 atom stereocenters. The van der Waals surface area contributed by atoms with Crippen LogP contribution in [0.15, 0.2) is 82.8 Å². The average molecular weight is 422 g/mol. The summed E-state index contributed by atoms with van der Waals surface area (Å²) in [6.45, 7) is 4.03. The van der Waals surface area contributed by atoms with Crippen LogP contribution in [-0.2, 0) is 0 Å². The van der Waals surface area contributed by atoms with Crippen LogP contribution in [0.2, 0.25) is 0 Å². The van der Waals surface area contributed by atoms with Crippen LogP contribution in [0.5, 0.6) is 0 Å². The summed E-state index contributed by atoms with van der Waals surface area (Å²) >= 11 is 0. The SMILES string of the molecule is C1=NC=C2N=c3ncc(Nc4ccc(N5CCNCC5)cn4)cc3=C2C1c1ccccc1. The van der Waals surface area contributed by atoms with Gasteiger partial charge in [-0.15, -0.1) is 0 Å². The van der Waals surface area contributed by atoms with Gasteiger partial charge in [0.25, 0.3) is 0 Å². The fourth-order valence-corrected chi connectivity index (χ4v) is 4.46. The summed E-state index contributed by atoms with van der Waals surface area (Å²) in [5.41, 5.74) is 6.03. The van der Waals surface area contributed by atoms with Crippen molar-refractivity contribution in [2.24, 2.45) is 9.98 Å². The molecule has 158 valence electrons. The quantitative estimate of drug-likeness (QED) is 0.675. The number of hydrogen-bond acceptors (Lipinski definition) is 7. The molecule has 2 aromatic heterocycles. The number of piperazine rings is 1. The highest BCUT2D eigenvalue weighted by Crippen LogP contribution is 2.33. The van der Waals surface area contributed by atoms with E-state index in [9.17, 15) is 0 Å². The Morgan fingerprint density at radius 2 is 1.84 bits per heavy atom. The number of benzene rings is 1. The molecule has 3 aliphatic rings. The summed E-state index contributed by atoms with van der Waals surface area (Å²) in [5, 5.41) is 7.82. The summed E-state index contributed by atoms with van der Waals surface area (Å²) in [5.74, 6) is 0.862. The van der Waals surface area contributed by atoms with Gasteiger partial charge in [0.15, 0.2) is 5.49 Å². The van der Waals surface area contributed by atoms with Crippen molar-refractivity contribution in [2.45, 2.75) is 5.92 Å². The highest BCUT2D eigenvalue weighted by molar-refractivity contribution is 5.91. The van der Waals surface area contributed by atoms with E-state index in [1.807, 2.05) is 36.9 Å². The number of fused-ring (bicyclic) bond motifs is 2. The molecule has 3 aromatic rings. The summed E-state index contributed by atoms with van der Waals surface area (Å²) in [4.78, 5) is 20.7. The Kier molecular flexibility index (Phi) is 4.73. The van der Waals surface area contributed by atoms with Gasteiger partial charge in [0, 0.05) is 49.1 Å². The van der Waals surface area contributed by atoms with Gasteiger partial charge in [0.2, 0.25) is 0 Å². The minimum atomic E-state index is 0.0645. The third-order valence-electron chi connectivity index (χ3n) is 6.06. The third-order valence-corrected chi connectivity index (χ3v) is 6.06. The summed E-state index contributed by atoms with van der Waals surface area (Å²) in [6, 6.07) is 16.7. The predicted molar refractivity (Wildman–Crippen MR) is 127 cm³/mol. The van der Waals surface area contributed by atoms with Crippen molar-refractivity contribution in [3.63, 3.8) is 0 Å². The highest BCUT2D eigenvalue weighted by atomic mass is 15.2. The van der Waals surface area contributed by atoms with Crippen molar-refractivity contribution in [1.29, 1.82) is 0 Å². The minimum absolute atomic E-state index is 0.0645. The van der Waals surface area contributed by atoms with Gasteiger partial charge in [-0.25, -0.2) is 15.0 Å². The summed E-state index contributed by atoms with van der Waals surface area (Å²) in [6.07, 6.45) is 7.54. The molecule has 7 nitrogen and oxygen atoms in total. The molecule has 5 heterocycles. The zero-order valence-corrected chi connectivity index (χ0v) is 17.6. The Balaban J connectivity index is 1.31. The minimum Gasteiger partial charge on any atom is -0.368 e. The second-order valence-corrected chi connectivity index (χ2v) is 8.09. The molecule has 2 N–H and O–H groups in total. The van der Waals surface area contributed by atoms with Gasteiger partial charge in [-0.3, -0.25) is 4.99 Å². The fraction of sp³-hybridized carbons (Fsp3) is 0.200. The Morgan fingerprint density at radius 1 is 0.969 bits per heavy atom. The van der Waals surface area contributed by atoms with Crippen molar-refractivity contribution < 1.29 is 0 Å². The molecule has 0 spiro atoms. The molecule has 0 radical (unpaired) electrons. The van der Waals surface area contributed by atoms with E-state index in [1.54, 1.807) is 0 Å². The molecule has 0 amide bonds. The van der Waals surface area contributed by atoms with Gasteiger partial charge in [-0.05, 0) is 23.8 Å². The largest absolute Gasteiger partial charge is 0.368 e. The first kappa shape index (κ1) is 18.9. The smallest absolute Gasteiger partial charge is 0.160 e. The second kappa shape index (κ2) is 8.01. The molecule has 32 heavy (non-hydrogen) atoms. The topological polar surface area (TPSA) is 77.8 Å². The number of aromatic nitrogens is 2. The number of aliphatic imine (C=N–C) groups is 1. The molecule has 7 heteroatoms. The van der Waals surface area contributed by atoms with Gasteiger partial charge in [0.05, 0.1) is 35.7 Å². The lowest BCUT2D eigenvalue weighted by molar-refractivity contribution is 0.589. The number of rotatable bonds is 4. The molecule has 0 aliphatic carbocycles. The van der Waals surface area contributed by atoms with E-state index in [1.165, 1.54) is 5.56 Å². The van der Waals surface area contributed by atoms with Crippen molar-refractivity contribution in [1.82, 2.24) is 15.3 Å². The third kappa shape index (κ3) is 3.46. The van der Waals surface area contributed by atoms with Crippen LogP contribution in [0, 0.1) is 0 Å². The van der Waals surface area contributed by atoms with Crippen LogP contribution < -0.4 is 26.2 Å². The van der Waals surface area contributed by atoms with E-state index in [-0.39, 0.29) is 5.92 Å². The zero-order valence-electron chi connectivity index (χ0n) is 17.6. The summed E-state index contributed by atoms with van der Waals surface area (Å²) < 4.78 is 0. The zero-order chi connectivity index (χ0) is 21.3. The van der Waals surface area contributed by atoms with Crippen LogP contribution in [0.1, 0.15) is 11.5 Å². The van der Waals surface area contributed by atoms with Crippen LogP contribution >= 0.6 is 0 Å². The van der Waals surface area contributed by atoms with E-state index >= 15 is 0 Å². The highest BCUT2D eigenvalue weighted by Gasteiger charge is 2.25. The lowest BCUT2D eigenvalue weighted by atomic mass is 9.88. The Bertz CT molecular complexity index is 1320. The van der Waals surface area contributed by atoms with Crippen molar-refractivity contribution in [3.05, 3.63) is 89.1 Å². The molecule has 1 saturated heterocycles. The van der Waals surface area contributed by atoms with E-state index in [0.29, 0.717) is 0 Å². The molecule has 1 aromatic carbocycles. The lowest BCUT2D eigenvalue weighted by Gasteiger charge is -2.29. The van der Waals surface area contributed by atoms with Crippen molar-refractivity contribution in [2.75, 3.05) is 36.4 Å². The van der Waals surface area contributed by atoms with Crippen LogP contribution in [0.3, 0.4) is 0 Å². The summed E-state index contributed by atoms with van der Waals surface area (Å²) in [7, 11) is 0. The first-order chi connectivity index (χ1) is 15.8. The van der Waals surface area contributed by atoms with Crippen LogP contribution in [0.25, 0.3) is 5.57 Å². The lowest BCUT2D eigenvalue weighted by Crippen LogP contribution is -2.43. The second-order valence-electron chi connectivity index (χ2n) is 8.09. The molecule has 1 fully saturated rings. The van der Waals surface area contributed by atoms with E-state index in [2.05, 4.69) is 66.9 Å². The predicted octanol–water partition coefficient (Wildman–Crippen LogP) is 2.12. The van der Waals surface area contributed by atoms with Crippen molar-refractivity contribution in [3.8, 4) is 0 Å². The van der Waals surface area contributed by atoms with Crippen LogP contribution in [0.4, 0.5) is 17.2 Å². The maximum absolute atomic E-state index is 4.71. The first-order valence-corrected chi connectivity index (χ1v) is 10.9. The molecular weight excluding hydrogens is 398 g/mol. The van der Waals surface area contributed by atoms with Crippen LogP contribution in [-0.4, -0.2) is 42.4 Å². The standard InChI is InChI=1S/C25H23N7/c1-2-4-17(5-3-1)21-15-27-16-22-24(21)20-12-18(13-29-25(20)31-22)30-23-7-6-19(14-28-23)32-10-8-26-9-11-32/h1-7,12-16,21,26H,8-11H2,(H,28,30). The maximum Gasteiger partial charge on any atom is 0.160 e. The number of nitrogens with one attached hydrogen (secondary N) is 2. The first-order valence-electron chi connectivity index (χ1n) is 10.9. The van der Waals surface area contributed by atoms with E-state index in [0.717, 1.165) is 65.3 Å². The van der Waals surface area contributed by atoms with E-state index in [4.69, 9.17) is 4.99 Å². The molecule has 6 rings (SSSR count). The fourth-order valence-electron chi connectivity index (χ4n) is 4.46. The number of hydrogen-bond donors (Lipinski definition) is 2. The van der Waals surface area contributed by atoms with Gasteiger partial charge >= 0.3 is 0 Å². The van der Waals surface area contributed by atoms with Gasteiger partial charge in [0.1, 0.15) is 5.82 Å². The Morgan fingerprint density at radius 3 is 2.66 bits per heavy atom. The number of nitrogens with zero attached hydrogens (tertiary/aromatic N) is 5. The van der Waals surface area contributed by atoms with Gasteiger partial charge < -0.3 is 15.5 Å². The maximum atomic E-state index is 4.71. The number of pyridine rings is 2. The normalized spacial score (nSPS) is 19.1. The van der Waals surface area contributed by atoms with Gasteiger partial charge in [-0.1, -0.05) is 30.3 Å². The van der Waals surface area contributed by atoms with Crippen molar-refractivity contribution >= 4 is 29.0 Å².